The number of hydrogen-bond acceptors (Lipinski definition) is 11. The second-order valence-corrected chi connectivity index (χ2v) is 7.28. The summed E-state index contributed by atoms with van der Waals surface area (Å²) in [6, 6.07) is 4.24. The summed E-state index contributed by atoms with van der Waals surface area (Å²) in [6.07, 6.45) is 4.97. The van der Waals surface area contributed by atoms with Gasteiger partial charge in [0.25, 0.3) is 0 Å². The van der Waals surface area contributed by atoms with Crippen molar-refractivity contribution in [2.24, 2.45) is 0 Å². The molecular weight excluding hydrogens is 476 g/mol. The summed E-state index contributed by atoms with van der Waals surface area (Å²) in [5.41, 5.74) is 0.171. The number of rotatable bonds is 14. The molecule has 0 amide bonds. The molecule has 194 valence electrons. The Bertz CT molecular complexity index is 961. The summed E-state index contributed by atoms with van der Waals surface area (Å²) in [4.78, 5) is 46.2. The van der Waals surface area contributed by atoms with Crippen LogP contribution in [0.15, 0.2) is 56.2 Å². The van der Waals surface area contributed by atoms with Gasteiger partial charge in [0.1, 0.15) is 6.10 Å². The van der Waals surface area contributed by atoms with Crippen LogP contribution in [-0.4, -0.2) is 56.5 Å². The second kappa shape index (κ2) is 15.0. The molecule has 0 saturated heterocycles. The topological polar surface area (TPSA) is 133 Å². The molecule has 0 heterocycles. The van der Waals surface area contributed by atoms with Gasteiger partial charge in [-0.25, -0.2) is 19.2 Å². The van der Waals surface area contributed by atoms with Crippen molar-refractivity contribution >= 4 is 23.9 Å². The van der Waals surface area contributed by atoms with Gasteiger partial charge in [-0.15, -0.1) is 0 Å². The van der Waals surface area contributed by atoms with Gasteiger partial charge in [0.05, 0.1) is 11.7 Å². The van der Waals surface area contributed by atoms with Gasteiger partial charge in [0, 0.05) is 18.2 Å². The van der Waals surface area contributed by atoms with Crippen molar-refractivity contribution in [1.29, 1.82) is 0 Å². The van der Waals surface area contributed by atoms with Crippen molar-refractivity contribution in [1.82, 2.24) is 0 Å². The van der Waals surface area contributed by atoms with Crippen molar-refractivity contribution in [3.63, 3.8) is 0 Å². The lowest BCUT2D eigenvalue weighted by Crippen LogP contribution is -2.29. The zero-order valence-electron chi connectivity index (χ0n) is 19.7. The van der Waals surface area contributed by atoms with E-state index in [2.05, 4.69) is 19.7 Å². The van der Waals surface area contributed by atoms with E-state index in [1.807, 2.05) is 0 Å². The van der Waals surface area contributed by atoms with Crippen molar-refractivity contribution in [2.45, 2.75) is 37.9 Å². The van der Waals surface area contributed by atoms with Crippen molar-refractivity contribution in [2.75, 3.05) is 20.4 Å². The van der Waals surface area contributed by atoms with E-state index in [9.17, 15) is 19.2 Å². The van der Waals surface area contributed by atoms with Gasteiger partial charge in [-0.2, -0.15) is 0 Å². The van der Waals surface area contributed by atoms with Gasteiger partial charge >= 0.3 is 23.9 Å². The van der Waals surface area contributed by atoms with E-state index in [0.29, 0.717) is 25.7 Å². The first-order valence-corrected chi connectivity index (χ1v) is 11.0. The molecule has 0 spiro atoms. The lowest BCUT2D eigenvalue weighted by Gasteiger charge is -2.28. The highest BCUT2D eigenvalue weighted by atomic mass is 16.7. The first kappa shape index (κ1) is 28.1. The molecule has 11 nitrogen and oxygen atoms in total. The third-order valence-corrected chi connectivity index (χ3v) is 4.91. The van der Waals surface area contributed by atoms with E-state index in [4.69, 9.17) is 33.2 Å². The molecule has 0 unspecified atom stereocenters. The molecule has 0 atom stereocenters. The summed E-state index contributed by atoms with van der Waals surface area (Å²) < 4.78 is 36.2. The molecule has 0 aliphatic heterocycles. The zero-order chi connectivity index (χ0) is 26.3. The number of hydrogen-bond donors (Lipinski definition) is 0. The van der Waals surface area contributed by atoms with Crippen LogP contribution >= 0.6 is 0 Å². The molecule has 1 fully saturated rings. The fraction of sp³-hybridized carbons (Fsp3) is 0.360. The number of benzene rings is 1. The van der Waals surface area contributed by atoms with Crippen LogP contribution in [-0.2, 0) is 38.1 Å². The predicted molar refractivity (Wildman–Crippen MR) is 124 cm³/mol. The van der Waals surface area contributed by atoms with E-state index in [-0.39, 0.29) is 36.1 Å². The largest absolute Gasteiger partial charge is 0.459 e. The maximum atomic E-state index is 12.7. The predicted octanol–water partition coefficient (Wildman–Crippen LogP) is 2.99. The molecule has 11 heteroatoms. The SMILES string of the molecule is C=CC(=O)OCOc1ccc(C(=O)OC2CCC(OCOC(=O)C=C)CC2)cc1OCOC(=O)C=C. The van der Waals surface area contributed by atoms with Crippen LogP contribution < -0.4 is 9.47 Å². The minimum absolute atomic E-state index is 0.0575. The van der Waals surface area contributed by atoms with E-state index < -0.39 is 37.5 Å². The molecule has 0 aromatic heterocycles. The summed E-state index contributed by atoms with van der Waals surface area (Å²) in [6.45, 7) is 8.81. The molecule has 1 aromatic rings. The molecular formula is C25H28O11. The van der Waals surface area contributed by atoms with Crippen LogP contribution in [0.4, 0.5) is 0 Å². The highest BCUT2D eigenvalue weighted by Gasteiger charge is 2.25. The van der Waals surface area contributed by atoms with Crippen molar-refractivity contribution < 1.29 is 52.3 Å². The van der Waals surface area contributed by atoms with E-state index in [1.54, 1.807) is 0 Å². The normalized spacial score (nSPS) is 16.6. The van der Waals surface area contributed by atoms with Gasteiger partial charge in [0.15, 0.2) is 18.3 Å². The monoisotopic (exact) mass is 504 g/mol. The average molecular weight is 504 g/mol. The summed E-state index contributed by atoms with van der Waals surface area (Å²) in [5, 5.41) is 0. The Labute approximate surface area is 208 Å². The third kappa shape index (κ3) is 9.63. The van der Waals surface area contributed by atoms with Crippen LogP contribution in [0.1, 0.15) is 36.0 Å². The highest BCUT2D eigenvalue weighted by molar-refractivity contribution is 5.90. The Hall–Kier alpha value is -4.12. The lowest BCUT2D eigenvalue weighted by molar-refractivity contribution is -0.157. The standard InChI is InChI=1S/C25H28O11/c1-4-22(26)33-14-30-18-8-10-19(11-9-18)36-25(29)17-7-12-20(31-15-34-23(27)5-2)21(13-17)32-16-35-24(28)6-3/h4-7,12-13,18-19H,1-3,8-11,14-16H2. The Morgan fingerprint density at radius 1 is 0.722 bits per heavy atom. The van der Waals surface area contributed by atoms with Gasteiger partial charge in [0.2, 0.25) is 13.6 Å². The Morgan fingerprint density at radius 2 is 1.22 bits per heavy atom. The molecule has 2 rings (SSSR count). The second-order valence-electron chi connectivity index (χ2n) is 7.28. The fourth-order valence-corrected chi connectivity index (χ4v) is 3.07. The van der Waals surface area contributed by atoms with Crippen molar-refractivity contribution in [3.05, 3.63) is 61.7 Å². The minimum atomic E-state index is -0.702. The maximum Gasteiger partial charge on any atom is 0.338 e. The highest BCUT2D eigenvalue weighted by Crippen LogP contribution is 2.30. The number of carbonyl (C=O) groups is 4. The van der Waals surface area contributed by atoms with E-state index in [1.165, 1.54) is 18.2 Å². The first-order valence-electron chi connectivity index (χ1n) is 11.0. The van der Waals surface area contributed by atoms with Gasteiger partial charge < -0.3 is 33.2 Å². The summed E-state index contributed by atoms with van der Waals surface area (Å²) >= 11 is 0. The van der Waals surface area contributed by atoms with Crippen LogP contribution in [0, 0.1) is 0 Å². The lowest BCUT2D eigenvalue weighted by atomic mass is 9.95. The van der Waals surface area contributed by atoms with Crippen LogP contribution in [0.3, 0.4) is 0 Å². The molecule has 1 aromatic carbocycles. The summed E-state index contributed by atoms with van der Waals surface area (Å²) in [5.74, 6) is -2.34. The van der Waals surface area contributed by atoms with Crippen LogP contribution in [0.25, 0.3) is 0 Å². The number of ether oxygens (including phenoxy) is 7. The third-order valence-electron chi connectivity index (χ3n) is 4.91. The zero-order valence-corrected chi connectivity index (χ0v) is 19.7. The molecule has 0 radical (unpaired) electrons. The molecule has 1 aliphatic carbocycles. The minimum Gasteiger partial charge on any atom is -0.459 e. The molecule has 1 aliphatic rings. The fourth-order valence-electron chi connectivity index (χ4n) is 3.07. The van der Waals surface area contributed by atoms with Gasteiger partial charge in [-0.3, -0.25) is 0 Å². The van der Waals surface area contributed by atoms with Crippen LogP contribution in [0.5, 0.6) is 11.5 Å². The van der Waals surface area contributed by atoms with Crippen LogP contribution in [0.2, 0.25) is 0 Å². The molecule has 36 heavy (non-hydrogen) atoms. The number of carbonyl (C=O) groups excluding carboxylic acids is 4. The van der Waals surface area contributed by atoms with Gasteiger partial charge in [-0.05, 0) is 43.9 Å². The van der Waals surface area contributed by atoms with E-state index >= 15 is 0 Å². The smallest absolute Gasteiger partial charge is 0.338 e. The first-order chi connectivity index (χ1) is 17.4. The Kier molecular flexibility index (Phi) is 11.7. The van der Waals surface area contributed by atoms with E-state index in [0.717, 1.165) is 18.2 Å². The average Bonchev–Trinajstić information content (AvgIpc) is 2.89. The van der Waals surface area contributed by atoms with Crippen molar-refractivity contribution in [3.8, 4) is 11.5 Å². The Balaban J connectivity index is 1.94. The Morgan fingerprint density at radius 3 is 1.78 bits per heavy atom. The molecule has 1 saturated carbocycles. The number of esters is 4. The summed E-state index contributed by atoms with van der Waals surface area (Å²) in [7, 11) is 0. The van der Waals surface area contributed by atoms with Gasteiger partial charge in [-0.1, -0.05) is 19.7 Å². The quantitative estimate of drug-likeness (QED) is 0.160. The maximum absolute atomic E-state index is 12.7. The molecule has 0 N–H and O–H groups in total. The molecule has 0 bridgehead atoms.